The predicted octanol–water partition coefficient (Wildman–Crippen LogP) is 2.98. The molecular weight excluding hydrogens is 295 g/mol. The smallest absolute Gasteiger partial charge is 0.247 e. The number of amides is 2. The average molecular weight is 312 g/mol. The minimum Gasteiger partial charge on any atom is -0.343 e. The van der Waals surface area contributed by atoms with Gasteiger partial charge in [0, 0.05) is 16.8 Å². The molecule has 118 valence electrons. The first-order valence-electron chi connectivity index (χ1n) is 7.12. The highest BCUT2D eigenvalue weighted by atomic mass is 19.1. The Labute approximate surface area is 134 Å². The number of halogens is 1. The molecule has 2 aromatic rings. The van der Waals surface area contributed by atoms with Crippen LogP contribution in [-0.4, -0.2) is 18.4 Å². The van der Waals surface area contributed by atoms with Gasteiger partial charge in [0.15, 0.2) is 0 Å². The van der Waals surface area contributed by atoms with Crippen LogP contribution in [0, 0.1) is 5.82 Å². The van der Waals surface area contributed by atoms with Crippen LogP contribution in [-0.2, 0) is 9.59 Å². The first-order valence-corrected chi connectivity index (χ1v) is 7.12. The lowest BCUT2D eigenvalue weighted by Gasteiger charge is -2.07. The standard InChI is InChI=1S/C18H17FN2O2/c1-13(11-14-7-5-6-10-16(14)19)18(23)20-12-17(22)21-15-8-3-2-4-9-15/h2-11H,12H2,1H3,(H,20,23)(H,21,22)/b13-11+. The summed E-state index contributed by atoms with van der Waals surface area (Å²) >= 11 is 0. The second kappa shape index (κ2) is 7.89. The Morgan fingerprint density at radius 1 is 1.04 bits per heavy atom. The van der Waals surface area contributed by atoms with Gasteiger partial charge in [-0.15, -0.1) is 0 Å². The monoisotopic (exact) mass is 312 g/mol. The van der Waals surface area contributed by atoms with Crippen molar-refractivity contribution in [1.29, 1.82) is 0 Å². The van der Waals surface area contributed by atoms with Gasteiger partial charge >= 0.3 is 0 Å². The van der Waals surface area contributed by atoms with Gasteiger partial charge in [0.05, 0.1) is 6.54 Å². The molecule has 0 spiro atoms. The Kier molecular flexibility index (Phi) is 5.63. The molecule has 0 bridgehead atoms. The maximum absolute atomic E-state index is 13.5. The summed E-state index contributed by atoms with van der Waals surface area (Å²) in [6.07, 6.45) is 1.44. The second-order valence-corrected chi connectivity index (χ2v) is 4.95. The molecule has 0 aliphatic carbocycles. The van der Waals surface area contributed by atoms with E-state index in [-0.39, 0.29) is 12.5 Å². The van der Waals surface area contributed by atoms with Crippen molar-refractivity contribution in [2.75, 3.05) is 11.9 Å². The summed E-state index contributed by atoms with van der Waals surface area (Å²) in [6.45, 7) is 1.41. The molecule has 4 nitrogen and oxygen atoms in total. The lowest BCUT2D eigenvalue weighted by Crippen LogP contribution is -2.33. The fourth-order valence-electron chi connectivity index (χ4n) is 1.92. The number of carbonyl (C=O) groups excluding carboxylic acids is 2. The van der Waals surface area contributed by atoms with E-state index in [2.05, 4.69) is 10.6 Å². The highest BCUT2D eigenvalue weighted by Crippen LogP contribution is 2.11. The van der Waals surface area contributed by atoms with E-state index in [9.17, 15) is 14.0 Å². The molecule has 2 aromatic carbocycles. The Bertz CT molecular complexity index is 727. The number of hydrogen-bond acceptors (Lipinski definition) is 2. The molecule has 2 amide bonds. The van der Waals surface area contributed by atoms with Gasteiger partial charge in [0.1, 0.15) is 5.82 Å². The van der Waals surface area contributed by atoms with Gasteiger partial charge in [-0.3, -0.25) is 9.59 Å². The van der Waals surface area contributed by atoms with Crippen LogP contribution < -0.4 is 10.6 Å². The van der Waals surface area contributed by atoms with Crippen molar-refractivity contribution >= 4 is 23.6 Å². The zero-order valence-corrected chi connectivity index (χ0v) is 12.7. The Balaban J connectivity index is 1.89. The maximum Gasteiger partial charge on any atom is 0.247 e. The van der Waals surface area contributed by atoms with Crippen LogP contribution in [0.15, 0.2) is 60.2 Å². The van der Waals surface area contributed by atoms with Crippen LogP contribution in [0.1, 0.15) is 12.5 Å². The van der Waals surface area contributed by atoms with Gasteiger partial charge in [0.25, 0.3) is 0 Å². The van der Waals surface area contributed by atoms with Crippen molar-refractivity contribution in [3.8, 4) is 0 Å². The molecule has 0 saturated carbocycles. The summed E-state index contributed by atoms with van der Waals surface area (Å²) in [6, 6.07) is 15.1. The molecule has 0 aromatic heterocycles. The average Bonchev–Trinajstić information content (AvgIpc) is 2.55. The summed E-state index contributed by atoms with van der Waals surface area (Å²) in [4.78, 5) is 23.7. The van der Waals surface area contributed by atoms with Crippen LogP contribution >= 0.6 is 0 Å². The molecule has 23 heavy (non-hydrogen) atoms. The van der Waals surface area contributed by atoms with Gasteiger partial charge in [-0.2, -0.15) is 0 Å². The molecule has 0 radical (unpaired) electrons. The summed E-state index contributed by atoms with van der Waals surface area (Å²) in [5.74, 6) is -1.15. The summed E-state index contributed by atoms with van der Waals surface area (Å²) < 4.78 is 13.5. The van der Waals surface area contributed by atoms with Gasteiger partial charge in [-0.1, -0.05) is 36.4 Å². The van der Waals surface area contributed by atoms with Crippen LogP contribution in [0.2, 0.25) is 0 Å². The van der Waals surface area contributed by atoms with E-state index in [4.69, 9.17) is 0 Å². The van der Waals surface area contributed by atoms with Crippen molar-refractivity contribution in [2.24, 2.45) is 0 Å². The van der Waals surface area contributed by atoms with E-state index in [1.165, 1.54) is 12.1 Å². The predicted molar refractivity (Wildman–Crippen MR) is 88.1 cm³/mol. The topological polar surface area (TPSA) is 58.2 Å². The van der Waals surface area contributed by atoms with Crippen LogP contribution in [0.25, 0.3) is 6.08 Å². The normalized spacial score (nSPS) is 11.0. The van der Waals surface area contributed by atoms with E-state index >= 15 is 0 Å². The quantitative estimate of drug-likeness (QED) is 0.834. The largest absolute Gasteiger partial charge is 0.343 e. The number of hydrogen-bond donors (Lipinski definition) is 2. The number of anilines is 1. The van der Waals surface area contributed by atoms with Crippen molar-refractivity contribution in [3.05, 3.63) is 71.6 Å². The third kappa shape index (κ3) is 5.07. The van der Waals surface area contributed by atoms with Gasteiger partial charge in [0.2, 0.25) is 11.8 Å². The molecule has 0 aliphatic rings. The molecule has 0 unspecified atom stereocenters. The Morgan fingerprint density at radius 3 is 2.39 bits per heavy atom. The van der Waals surface area contributed by atoms with Gasteiger partial charge < -0.3 is 10.6 Å². The molecule has 0 atom stereocenters. The van der Waals surface area contributed by atoms with E-state index in [1.54, 1.807) is 49.4 Å². The minimum atomic E-state index is -0.420. The fraction of sp³-hybridized carbons (Fsp3) is 0.111. The first-order chi connectivity index (χ1) is 11.1. The van der Waals surface area contributed by atoms with Crippen LogP contribution in [0.4, 0.5) is 10.1 Å². The minimum absolute atomic E-state index is 0.157. The van der Waals surface area contributed by atoms with Crippen LogP contribution in [0.5, 0.6) is 0 Å². The number of rotatable bonds is 5. The highest BCUT2D eigenvalue weighted by Gasteiger charge is 2.08. The molecule has 0 saturated heterocycles. The van der Waals surface area contributed by atoms with Gasteiger partial charge in [-0.05, 0) is 31.2 Å². The SMILES string of the molecule is C/C(=C\c1ccccc1F)C(=O)NCC(=O)Nc1ccccc1. The van der Waals surface area contributed by atoms with Crippen LogP contribution in [0.3, 0.4) is 0 Å². The highest BCUT2D eigenvalue weighted by molar-refractivity contribution is 6.00. The summed E-state index contributed by atoms with van der Waals surface area (Å²) in [5, 5.41) is 5.16. The van der Waals surface area contributed by atoms with Crippen molar-refractivity contribution in [2.45, 2.75) is 6.92 Å². The molecule has 2 N–H and O–H groups in total. The van der Waals surface area contributed by atoms with E-state index in [0.29, 0.717) is 16.8 Å². The Hall–Kier alpha value is -2.95. The van der Waals surface area contributed by atoms with Crippen molar-refractivity contribution in [3.63, 3.8) is 0 Å². The molecule has 0 fully saturated rings. The zero-order chi connectivity index (χ0) is 16.7. The maximum atomic E-state index is 13.5. The third-order valence-electron chi connectivity index (χ3n) is 3.10. The number of carbonyl (C=O) groups is 2. The van der Waals surface area contributed by atoms with Crippen molar-refractivity contribution in [1.82, 2.24) is 5.32 Å². The molecular formula is C18H17FN2O2. The third-order valence-corrected chi connectivity index (χ3v) is 3.10. The van der Waals surface area contributed by atoms with Gasteiger partial charge in [-0.25, -0.2) is 4.39 Å². The van der Waals surface area contributed by atoms with E-state index in [0.717, 1.165) is 0 Å². The molecule has 0 heterocycles. The molecule has 2 rings (SSSR count). The lowest BCUT2D eigenvalue weighted by molar-refractivity contribution is -0.121. The van der Waals surface area contributed by atoms with E-state index in [1.807, 2.05) is 6.07 Å². The second-order valence-electron chi connectivity index (χ2n) is 4.95. The number of nitrogens with one attached hydrogen (secondary N) is 2. The fourth-order valence-corrected chi connectivity index (χ4v) is 1.92. The Morgan fingerprint density at radius 2 is 1.70 bits per heavy atom. The first kappa shape index (κ1) is 16.4. The summed E-state index contributed by atoms with van der Waals surface area (Å²) in [5.41, 5.74) is 1.31. The zero-order valence-electron chi connectivity index (χ0n) is 12.7. The molecule has 5 heteroatoms. The molecule has 0 aliphatic heterocycles. The summed E-state index contributed by atoms with van der Waals surface area (Å²) in [7, 11) is 0. The van der Waals surface area contributed by atoms with E-state index < -0.39 is 11.7 Å². The number of benzene rings is 2. The number of para-hydroxylation sites is 1. The lowest BCUT2D eigenvalue weighted by atomic mass is 10.1. The van der Waals surface area contributed by atoms with Crippen molar-refractivity contribution < 1.29 is 14.0 Å².